The van der Waals surface area contributed by atoms with Gasteiger partial charge in [-0.05, 0) is 11.3 Å². The first kappa shape index (κ1) is 11.8. The first-order valence-corrected chi connectivity index (χ1v) is 5.36. The van der Waals surface area contributed by atoms with Gasteiger partial charge in [-0.1, -0.05) is 0 Å². The lowest BCUT2D eigenvalue weighted by molar-refractivity contribution is 0.780. The van der Waals surface area contributed by atoms with Gasteiger partial charge in [0, 0.05) is 0 Å². The molecule has 3 nitrogen and oxygen atoms in total. The van der Waals surface area contributed by atoms with Crippen LogP contribution in [0.5, 0.6) is 0 Å². The molecule has 0 aromatic carbocycles. The average Bonchev–Trinajstić information content (AvgIpc) is 2.04. The van der Waals surface area contributed by atoms with Crippen molar-refractivity contribution < 1.29 is 0 Å². The van der Waals surface area contributed by atoms with Gasteiger partial charge < -0.3 is 0 Å². The first-order valence-electron chi connectivity index (χ1n) is 3.12. The largest absolute Gasteiger partial charge is 0.152 e. The summed E-state index contributed by atoms with van der Waals surface area (Å²) in [4.78, 5) is 0. The van der Waals surface area contributed by atoms with Crippen molar-refractivity contribution in [3.63, 3.8) is 0 Å². The fraction of sp³-hybridized carbons (Fsp3) is 0.400. The van der Waals surface area contributed by atoms with Gasteiger partial charge in [-0.2, -0.15) is 25.3 Å². The van der Waals surface area contributed by atoms with Crippen LogP contribution in [0.1, 0.15) is 5.69 Å². The molecule has 0 unspecified atom stereocenters. The van der Waals surface area contributed by atoms with Crippen LogP contribution in [0.3, 0.4) is 0 Å². The van der Waals surface area contributed by atoms with Crippen molar-refractivity contribution in [2.24, 2.45) is 0 Å². The third-order valence-electron chi connectivity index (χ3n) is 1.33. The van der Waals surface area contributed by atoms with Gasteiger partial charge in [0.15, 0.2) is 0 Å². The molecule has 8 heteroatoms. The Labute approximate surface area is 104 Å². The Bertz CT molecular complexity index is 282. The second kappa shape index (κ2) is 4.09. The fourth-order valence-corrected chi connectivity index (χ4v) is 1.18. The van der Waals surface area contributed by atoms with Crippen LogP contribution in [0.15, 0.2) is 12.3 Å². The van der Waals surface area contributed by atoms with Crippen molar-refractivity contribution >= 4 is 63.1 Å². The summed E-state index contributed by atoms with van der Waals surface area (Å²) in [7, 11) is 0. The molecule has 0 aliphatic heterocycles. The fourth-order valence-electron chi connectivity index (χ4n) is 0.599. The lowest BCUT2D eigenvalue weighted by atomic mass is 10.3. The maximum atomic E-state index is 4.26. The van der Waals surface area contributed by atoms with Gasteiger partial charge in [0.25, 0.3) is 0 Å². The van der Waals surface area contributed by atoms with Gasteiger partial charge in [-0.3, -0.25) is 0 Å². The molecule has 13 heavy (non-hydrogen) atoms. The second-order valence-corrected chi connectivity index (χ2v) is 7.08. The smallest absolute Gasteiger partial charge is 0.132 e. The summed E-state index contributed by atoms with van der Waals surface area (Å²) in [6.45, 7) is 0. The van der Waals surface area contributed by atoms with Crippen LogP contribution in [-0.2, 0) is 4.08 Å². The molecular weight excluding hydrogens is 262 g/mol. The van der Waals surface area contributed by atoms with Crippen molar-refractivity contribution in [3.05, 3.63) is 18.0 Å². The molecule has 1 heterocycles. The van der Waals surface area contributed by atoms with Gasteiger partial charge >= 0.3 is 0 Å². The molecule has 0 aliphatic rings. The Balaban J connectivity index is 3.08. The van der Waals surface area contributed by atoms with E-state index in [1.807, 2.05) is 0 Å². The lowest BCUT2D eigenvalue weighted by Gasteiger charge is -2.32. The van der Waals surface area contributed by atoms with E-state index in [1.54, 1.807) is 6.07 Å². The molecule has 0 amide bonds. The van der Waals surface area contributed by atoms with Crippen LogP contribution in [0.4, 0.5) is 0 Å². The highest BCUT2D eigenvalue weighted by molar-refractivity contribution is 8.20. The highest BCUT2D eigenvalue weighted by Crippen LogP contribution is 2.50. The van der Waals surface area contributed by atoms with Crippen molar-refractivity contribution in [2.45, 2.75) is 7.49 Å². The average molecular weight is 269 g/mol. The lowest BCUT2D eigenvalue weighted by Crippen LogP contribution is -2.30. The molecule has 0 aliphatic carbocycles. The van der Waals surface area contributed by atoms with Crippen LogP contribution in [0, 0.1) is 0 Å². The van der Waals surface area contributed by atoms with Crippen LogP contribution in [0.2, 0.25) is 0 Å². The molecule has 0 bridgehead atoms. The third-order valence-corrected chi connectivity index (χ3v) is 4.52. The topological polar surface area (TPSA) is 38.7 Å². The van der Waals surface area contributed by atoms with Crippen molar-refractivity contribution in [3.8, 4) is 0 Å². The van der Waals surface area contributed by atoms with E-state index in [1.165, 1.54) is 6.20 Å². The minimum atomic E-state index is -1.02. The summed E-state index contributed by atoms with van der Waals surface area (Å²) >= 11 is 20.9. The first-order chi connectivity index (χ1) is 5.86. The SMILES string of the molecule is SC(S)(S)C(S)(S)c1ccnnn1. The van der Waals surface area contributed by atoms with Crippen LogP contribution in [0.25, 0.3) is 0 Å². The molecular formula is C5H7N3S5. The summed E-state index contributed by atoms with van der Waals surface area (Å²) in [6.07, 6.45) is 1.49. The molecule has 0 saturated heterocycles. The van der Waals surface area contributed by atoms with E-state index in [-0.39, 0.29) is 0 Å². The molecule has 0 radical (unpaired) electrons. The van der Waals surface area contributed by atoms with Crippen LogP contribution in [-0.4, -0.2) is 18.8 Å². The van der Waals surface area contributed by atoms with E-state index >= 15 is 0 Å². The minimum Gasteiger partial charge on any atom is -0.152 e. The summed E-state index contributed by atoms with van der Waals surface area (Å²) in [6, 6.07) is 1.63. The Kier molecular flexibility index (Phi) is 3.73. The number of rotatable bonds is 2. The monoisotopic (exact) mass is 269 g/mol. The molecule has 72 valence electrons. The Morgan fingerprint density at radius 3 is 2.08 bits per heavy atom. The molecule has 1 aromatic heterocycles. The number of nitrogens with zero attached hydrogens (tertiary/aromatic N) is 3. The van der Waals surface area contributed by atoms with Crippen LogP contribution >= 0.6 is 63.1 Å². The zero-order valence-electron chi connectivity index (χ0n) is 6.23. The Morgan fingerprint density at radius 1 is 1.08 bits per heavy atom. The molecule has 0 saturated carbocycles. The third kappa shape index (κ3) is 2.62. The van der Waals surface area contributed by atoms with Gasteiger partial charge in [-0.25, -0.2) is 0 Å². The molecule has 0 spiro atoms. The van der Waals surface area contributed by atoms with E-state index in [0.29, 0.717) is 5.69 Å². The van der Waals surface area contributed by atoms with E-state index in [4.69, 9.17) is 0 Å². The molecule has 0 N–H and O–H groups in total. The summed E-state index contributed by atoms with van der Waals surface area (Å²) in [5.41, 5.74) is 0.495. The zero-order chi connectivity index (χ0) is 10.1. The van der Waals surface area contributed by atoms with E-state index in [9.17, 15) is 0 Å². The Hall–Kier alpha value is 0.760. The summed E-state index contributed by atoms with van der Waals surface area (Å²) in [5.74, 6) is 0. The van der Waals surface area contributed by atoms with Gasteiger partial charge in [0.2, 0.25) is 0 Å². The van der Waals surface area contributed by atoms with Crippen molar-refractivity contribution in [1.82, 2.24) is 15.4 Å². The molecule has 1 aromatic rings. The van der Waals surface area contributed by atoms with Gasteiger partial charge in [0.05, 0.1) is 11.9 Å². The maximum absolute atomic E-state index is 4.26. The summed E-state index contributed by atoms with van der Waals surface area (Å²) < 4.78 is -2.02. The number of hydrogen-bond acceptors (Lipinski definition) is 8. The molecule has 1 rings (SSSR count). The normalized spacial score (nSPS) is 13.0. The van der Waals surface area contributed by atoms with E-state index < -0.39 is 7.49 Å². The minimum absolute atomic E-state index is 0.495. The number of hydrogen-bond donors (Lipinski definition) is 5. The summed E-state index contributed by atoms with van der Waals surface area (Å²) in [5, 5.41) is 10.8. The standard InChI is InChI=1S/C5H7N3S5/c9-4(10,5(11,12)13)3-1-2-6-8-7-3/h1-2,9-13H. The predicted molar refractivity (Wildman–Crippen MR) is 69.2 cm³/mol. The molecule has 0 fully saturated rings. The quantitative estimate of drug-likeness (QED) is 0.415. The van der Waals surface area contributed by atoms with Crippen LogP contribution < -0.4 is 0 Å². The predicted octanol–water partition coefficient (Wildman–Crippen LogP) is 1.33. The Morgan fingerprint density at radius 2 is 1.69 bits per heavy atom. The van der Waals surface area contributed by atoms with E-state index in [2.05, 4.69) is 78.6 Å². The van der Waals surface area contributed by atoms with Gasteiger partial charge in [0.1, 0.15) is 7.49 Å². The second-order valence-electron chi connectivity index (χ2n) is 2.31. The molecule has 0 atom stereocenters. The van der Waals surface area contributed by atoms with Crippen molar-refractivity contribution in [2.75, 3.05) is 0 Å². The number of aromatic nitrogens is 3. The van der Waals surface area contributed by atoms with Gasteiger partial charge in [-0.15, -0.1) is 48.1 Å². The number of thiol groups is 5. The van der Waals surface area contributed by atoms with Crippen molar-refractivity contribution in [1.29, 1.82) is 0 Å². The zero-order valence-corrected chi connectivity index (χ0v) is 10.7. The van der Waals surface area contributed by atoms with E-state index in [0.717, 1.165) is 0 Å². The highest BCUT2D eigenvalue weighted by atomic mass is 32.2. The highest BCUT2D eigenvalue weighted by Gasteiger charge is 2.41. The maximum Gasteiger partial charge on any atom is 0.132 e.